The first-order valence-electron chi connectivity index (χ1n) is 5.90. The van der Waals surface area contributed by atoms with Gasteiger partial charge in [0.05, 0.1) is 0 Å². The SMILES string of the molecule is Cc1ccc(C=C(Oc2ccccc2)C(=O)O)cc1. The Kier molecular flexibility index (Phi) is 3.98. The third-order valence-electron chi connectivity index (χ3n) is 2.56. The van der Waals surface area contributed by atoms with E-state index in [-0.39, 0.29) is 5.76 Å². The first-order valence-corrected chi connectivity index (χ1v) is 5.90. The summed E-state index contributed by atoms with van der Waals surface area (Å²) in [4.78, 5) is 11.2. The number of rotatable bonds is 4. The number of aryl methyl sites for hydroxylation is 1. The van der Waals surface area contributed by atoms with Gasteiger partial charge in [-0.2, -0.15) is 0 Å². The van der Waals surface area contributed by atoms with Gasteiger partial charge in [0, 0.05) is 0 Å². The van der Waals surface area contributed by atoms with E-state index in [9.17, 15) is 4.79 Å². The Bertz CT molecular complexity index is 583. The second-order valence-electron chi connectivity index (χ2n) is 4.14. The molecule has 0 aliphatic heterocycles. The molecule has 2 aromatic carbocycles. The molecular formula is C16H14O3. The minimum Gasteiger partial charge on any atom is -0.475 e. The fourth-order valence-corrected chi connectivity index (χ4v) is 1.56. The van der Waals surface area contributed by atoms with Crippen molar-refractivity contribution in [3.8, 4) is 5.75 Å². The van der Waals surface area contributed by atoms with Crippen molar-refractivity contribution in [2.75, 3.05) is 0 Å². The molecule has 0 aromatic heterocycles. The van der Waals surface area contributed by atoms with Gasteiger partial charge in [-0.1, -0.05) is 48.0 Å². The van der Waals surface area contributed by atoms with Crippen LogP contribution in [0.5, 0.6) is 5.75 Å². The van der Waals surface area contributed by atoms with Gasteiger partial charge in [0.15, 0.2) is 0 Å². The zero-order valence-corrected chi connectivity index (χ0v) is 10.5. The Labute approximate surface area is 111 Å². The first-order chi connectivity index (χ1) is 9.15. The van der Waals surface area contributed by atoms with Crippen LogP contribution in [0.3, 0.4) is 0 Å². The summed E-state index contributed by atoms with van der Waals surface area (Å²) in [6.07, 6.45) is 1.51. The molecule has 0 aliphatic rings. The molecule has 1 N–H and O–H groups in total. The predicted octanol–water partition coefficient (Wildman–Crippen LogP) is 3.50. The van der Waals surface area contributed by atoms with Crippen molar-refractivity contribution in [1.29, 1.82) is 0 Å². The van der Waals surface area contributed by atoms with Gasteiger partial charge >= 0.3 is 5.97 Å². The molecule has 0 radical (unpaired) electrons. The monoisotopic (exact) mass is 254 g/mol. The maximum atomic E-state index is 11.2. The van der Waals surface area contributed by atoms with E-state index in [2.05, 4.69) is 0 Å². The highest BCUT2D eigenvalue weighted by atomic mass is 16.5. The largest absolute Gasteiger partial charge is 0.475 e. The van der Waals surface area contributed by atoms with E-state index in [1.165, 1.54) is 6.08 Å². The summed E-state index contributed by atoms with van der Waals surface area (Å²) < 4.78 is 5.37. The van der Waals surface area contributed by atoms with Crippen LogP contribution in [0.15, 0.2) is 60.4 Å². The molecule has 0 fully saturated rings. The predicted molar refractivity (Wildman–Crippen MR) is 73.9 cm³/mol. The Hall–Kier alpha value is -2.55. The zero-order valence-electron chi connectivity index (χ0n) is 10.5. The lowest BCUT2D eigenvalue weighted by Crippen LogP contribution is -2.07. The number of ether oxygens (including phenoxy) is 1. The number of hydrogen-bond donors (Lipinski definition) is 1. The Morgan fingerprint density at radius 2 is 1.68 bits per heavy atom. The van der Waals surface area contributed by atoms with Crippen LogP contribution < -0.4 is 4.74 Å². The normalized spacial score (nSPS) is 11.1. The van der Waals surface area contributed by atoms with E-state index in [1.54, 1.807) is 24.3 Å². The van der Waals surface area contributed by atoms with Gasteiger partial charge in [-0.25, -0.2) is 4.79 Å². The summed E-state index contributed by atoms with van der Waals surface area (Å²) in [6.45, 7) is 1.98. The summed E-state index contributed by atoms with van der Waals surface area (Å²) in [7, 11) is 0. The lowest BCUT2D eigenvalue weighted by Gasteiger charge is -2.06. The van der Waals surface area contributed by atoms with Crippen molar-refractivity contribution in [2.24, 2.45) is 0 Å². The highest BCUT2D eigenvalue weighted by molar-refractivity contribution is 5.90. The molecular weight excluding hydrogens is 240 g/mol. The van der Waals surface area contributed by atoms with E-state index in [0.717, 1.165) is 11.1 Å². The molecule has 3 heteroatoms. The maximum Gasteiger partial charge on any atom is 0.371 e. The van der Waals surface area contributed by atoms with Gasteiger partial charge in [-0.05, 0) is 30.7 Å². The third-order valence-corrected chi connectivity index (χ3v) is 2.56. The molecule has 0 amide bonds. The number of para-hydroxylation sites is 1. The molecule has 3 nitrogen and oxygen atoms in total. The molecule has 0 unspecified atom stereocenters. The van der Waals surface area contributed by atoms with Crippen molar-refractivity contribution < 1.29 is 14.6 Å². The Balaban J connectivity index is 2.25. The van der Waals surface area contributed by atoms with Gasteiger partial charge < -0.3 is 9.84 Å². The summed E-state index contributed by atoms with van der Waals surface area (Å²) in [6, 6.07) is 16.4. The van der Waals surface area contributed by atoms with Crippen LogP contribution in [0.25, 0.3) is 6.08 Å². The van der Waals surface area contributed by atoms with Crippen LogP contribution in [-0.4, -0.2) is 11.1 Å². The van der Waals surface area contributed by atoms with Crippen molar-refractivity contribution >= 4 is 12.0 Å². The molecule has 0 saturated carbocycles. The van der Waals surface area contributed by atoms with E-state index < -0.39 is 5.97 Å². The van der Waals surface area contributed by atoms with Gasteiger partial charge in [0.1, 0.15) is 5.75 Å². The highest BCUT2D eigenvalue weighted by Crippen LogP contribution is 2.15. The molecule has 0 aliphatic carbocycles. The lowest BCUT2D eigenvalue weighted by molar-refractivity contribution is -0.134. The van der Waals surface area contributed by atoms with Gasteiger partial charge in [-0.3, -0.25) is 0 Å². The van der Waals surface area contributed by atoms with E-state index >= 15 is 0 Å². The van der Waals surface area contributed by atoms with Crippen LogP contribution in [-0.2, 0) is 4.79 Å². The lowest BCUT2D eigenvalue weighted by atomic mass is 10.1. The number of carboxylic acid groups (broad SMARTS) is 1. The van der Waals surface area contributed by atoms with E-state index in [0.29, 0.717) is 5.75 Å². The molecule has 96 valence electrons. The van der Waals surface area contributed by atoms with Crippen molar-refractivity contribution in [3.05, 3.63) is 71.5 Å². The third kappa shape index (κ3) is 3.71. The van der Waals surface area contributed by atoms with Crippen LogP contribution in [0, 0.1) is 6.92 Å². The fraction of sp³-hybridized carbons (Fsp3) is 0.0625. The molecule has 2 rings (SSSR count). The molecule has 19 heavy (non-hydrogen) atoms. The average Bonchev–Trinajstić information content (AvgIpc) is 2.41. The van der Waals surface area contributed by atoms with E-state index in [1.807, 2.05) is 37.3 Å². The van der Waals surface area contributed by atoms with Crippen LogP contribution in [0.4, 0.5) is 0 Å². The average molecular weight is 254 g/mol. The second kappa shape index (κ2) is 5.87. The van der Waals surface area contributed by atoms with Gasteiger partial charge in [0.25, 0.3) is 0 Å². The van der Waals surface area contributed by atoms with Crippen molar-refractivity contribution in [1.82, 2.24) is 0 Å². The fourth-order valence-electron chi connectivity index (χ4n) is 1.56. The highest BCUT2D eigenvalue weighted by Gasteiger charge is 2.10. The topological polar surface area (TPSA) is 46.5 Å². The Morgan fingerprint density at radius 3 is 2.26 bits per heavy atom. The smallest absolute Gasteiger partial charge is 0.371 e. The van der Waals surface area contributed by atoms with Crippen molar-refractivity contribution in [3.63, 3.8) is 0 Å². The minimum atomic E-state index is -1.09. The first kappa shape index (κ1) is 12.9. The van der Waals surface area contributed by atoms with Crippen LogP contribution in [0.2, 0.25) is 0 Å². The molecule has 0 heterocycles. The number of hydrogen-bond acceptors (Lipinski definition) is 2. The minimum absolute atomic E-state index is 0.102. The number of benzene rings is 2. The quantitative estimate of drug-likeness (QED) is 0.671. The second-order valence-corrected chi connectivity index (χ2v) is 4.14. The summed E-state index contributed by atoms with van der Waals surface area (Å²) in [5, 5.41) is 9.16. The standard InChI is InChI=1S/C16H14O3/c1-12-7-9-13(10-8-12)11-15(16(17)18)19-14-5-3-2-4-6-14/h2-11H,1H3,(H,17,18). The number of carboxylic acids is 1. The molecule has 0 atom stereocenters. The van der Waals surface area contributed by atoms with Gasteiger partial charge in [0.2, 0.25) is 5.76 Å². The molecule has 0 spiro atoms. The summed E-state index contributed by atoms with van der Waals surface area (Å²) in [5.74, 6) is -0.692. The molecule has 0 bridgehead atoms. The van der Waals surface area contributed by atoms with Gasteiger partial charge in [-0.15, -0.1) is 0 Å². The number of aliphatic carboxylic acids is 1. The summed E-state index contributed by atoms with van der Waals surface area (Å²) >= 11 is 0. The van der Waals surface area contributed by atoms with Crippen LogP contribution in [0.1, 0.15) is 11.1 Å². The number of carbonyl (C=O) groups is 1. The molecule has 0 saturated heterocycles. The molecule has 2 aromatic rings. The summed E-state index contributed by atoms with van der Waals surface area (Å²) in [5.41, 5.74) is 1.91. The zero-order chi connectivity index (χ0) is 13.7. The maximum absolute atomic E-state index is 11.2. The van der Waals surface area contributed by atoms with Crippen LogP contribution >= 0.6 is 0 Å². The van der Waals surface area contributed by atoms with Crippen molar-refractivity contribution in [2.45, 2.75) is 6.92 Å². The Morgan fingerprint density at radius 1 is 1.05 bits per heavy atom. The van der Waals surface area contributed by atoms with E-state index in [4.69, 9.17) is 9.84 Å².